The molecule has 0 amide bonds. The predicted molar refractivity (Wildman–Crippen MR) is 252 cm³/mol. The Balaban J connectivity index is 3.67. The van der Waals surface area contributed by atoms with E-state index in [0.29, 0.717) is 6.42 Å². The first-order valence-corrected chi connectivity index (χ1v) is 27.5. The van der Waals surface area contributed by atoms with E-state index in [1.54, 1.807) is 0 Å². The van der Waals surface area contributed by atoms with Crippen molar-refractivity contribution in [2.45, 2.75) is 283 Å². The molecular weight excluding hydrogens is 774 g/mol. The molecule has 0 saturated heterocycles. The van der Waals surface area contributed by atoms with Crippen LogP contribution in [-0.2, 0) is 32.7 Å². The molecule has 0 radical (unpaired) electrons. The maximum Gasteiger partial charge on any atom is 0.472 e. The standard InChI is InChI=1S/C50H100NO8P/c1-3-5-7-9-11-12-13-14-15-16-17-18-19-20-21-22-23-24-25-26-27-28-29-30-31-32-33-34-35-36-37-39-41-43-50(53)59-48(47-58-60(54,55)57-45-44-51)46-56-49(52)42-40-38-10-8-6-4-2/h48H,3-47,51H2,1-2H3,(H,54,55). The molecule has 0 aromatic rings. The number of carbonyl (C=O) groups is 2. The Morgan fingerprint density at radius 1 is 0.433 bits per heavy atom. The van der Waals surface area contributed by atoms with Gasteiger partial charge in [-0.15, -0.1) is 0 Å². The zero-order chi connectivity index (χ0) is 43.9. The molecule has 9 nitrogen and oxygen atoms in total. The fraction of sp³-hybridized carbons (Fsp3) is 0.960. The molecule has 0 aliphatic carbocycles. The molecule has 3 N–H and O–H groups in total. The van der Waals surface area contributed by atoms with Gasteiger partial charge in [-0.1, -0.05) is 251 Å². The van der Waals surface area contributed by atoms with Crippen LogP contribution in [0, 0.1) is 0 Å². The number of carbonyl (C=O) groups excluding carboxylic acids is 2. The smallest absolute Gasteiger partial charge is 0.462 e. The molecular formula is C50H100NO8P. The van der Waals surface area contributed by atoms with Gasteiger partial charge in [-0.25, -0.2) is 4.57 Å². The van der Waals surface area contributed by atoms with E-state index >= 15 is 0 Å². The molecule has 2 atom stereocenters. The van der Waals surface area contributed by atoms with Crippen LogP contribution in [0.4, 0.5) is 0 Å². The van der Waals surface area contributed by atoms with Crippen molar-refractivity contribution < 1.29 is 37.6 Å². The molecule has 60 heavy (non-hydrogen) atoms. The van der Waals surface area contributed by atoms with Gasteiger partial charge < -0.3 is 20.1 Å². The average Bonchev–Trinajstić information content (AvgIpc) is 3.24. The first-order valence-electron chi connectivity index (χ1n) is 26.0. The summed E-state index contributed by atoms with van der Waals surface area (Å²) in [5, 5.41) is 0. The quantitative estimate of drug-likeness (QED) is 0.0348. The Bertz CT molecular complexity index is 953. The van der Waals surface area contributed by atoms with E-state index in [4.69, 9.17) is 24.3 Å². The monoisotopic (exact) mass is 874 g/mol. The Morgan fingerprint density at radius 3 is 1.02 bits per heavy atom. The number of phosphoric acid groups is 1. The third kappa shape index (κ3) is 46.5. The van der Waals surface area contributed by atoms with E-state index in [0.717, 1.165) is 38.5 Å². The number of rotatable bonds is 50. The zero-order valence-electron chi connectivity index (χ0n) is 39.7. The van der Waals surface area contributed by atoms with E-state index in [1.165, 1.54) is 205 Å². The van der Waals surface area contributed by atoms with Crippen molar-refractivity contribution in [2.24, 2.45) is 5.73 Å². The Labute approximate surface area is 371 Å². The van der Waals surface area contributed by atoms with Crippen molar-refractivity contribution in [1.82, 2.24) is 0 Å². The molecule has 0 bridgehead atoms. The highest BCUT2D eigenvalue weighted by atomic mass is 31.2. The predicted octanol–water partition coefficient (Wildman–Crippen LogP) is 15.6. The molecule has 10 heteroatoms. The van der Waals surface area contributed by atoms with E-state index in [2.05, 4.69) is 13.8 Å². The highest BCUT2D eigenvalue weighted by molar-refractivity contribution is 7.47. The Kier molecular flexibility index (Phi) is 46.7. The van der Waals surface area contributed by atoms with Gasteiger partial charge in [-0.3, -0.25) is 18.6 Å². The van der Waals surface area contributed by atoms with Crippen LogP contribution in [0.1, 0.15) is 277 Å². The van der Waals surface area contributed by atoms with Crippen molar-refractivity contribution >= 4 is 19.8 Å². The van der Waals surface area contributed by atoms with Gasteiger partial charge in [0.15, 0.2) is 6.10 Å². The van der Waals surface area contributed by atoms with Crippen molar-refractivity contribution in [1.29, 1.82) is 0 Å². The SMILES string of the molecule is CCCCCCCCCCCCCCCCCCCCCCCCCCCCCCCCCCCC(=O)OC(COC(=O)CCCCCCCC)COP(=O)(O)OCCN. The van der Waals surface area contributed by atoms with Gasteiger partial charge in [0.05, 0.1) is 13.2 Å². The number of esters is 2. The zero-order valence-corrected chi connectivity index (χ0v) is 40.6. The molecule has 0 aliphatic rings. The second-order valence-electron chi connectivity index (χ2n) is 17.8. The summed E-state index contributed by atoms with van der Waals surface area (Å²) in [5.41, 5.74) is 5.34. The Morgan fingerprint density at radius 2 is 0.717 bits per heavy atom. The summed E-state index contributed by atoms with van der Waals surface area (Å²) in [4.78, 5) is 34.7. The third-order valence-corrected chi connectivity index (χ3v) is 12.7. The number of unbranched alkanes of at least 4 members (excludes halogenated alkanes) is 37. The topological polar surface area (TPSA) is 134 Å². The average molecular weight is 874 g/mol. The van der Waals surface area contributed by atoms with Crippen LogP contribution in [0.2, 0.25) is 0 Å². The van der Waals surface area contributed by atoms with Crippen LogP contribution in [-0.4, -0.2) is 49.3 Å². The van der Waals surface area contributed by atoms with E-state index < -0.39 is 26.5 Å². The van der Waals surface area contributed by atoms with Crippen LogP contribution in [0.5, 0.6) is 0 Å². The lowest BCUT2D eigenvalue weighted by atomic mass is 10.0. The fourth-order valence-electron chi connectivity index (χ4n) is 7.87. The minimum atomic E-state index is -4.36. The molecule has 358 valence electrons. The van der Waals surface area contributed by atoms with Gasteiger partial charge in [-0.05, 0) is 12.8 Å². The van der Waals surface area contributed by atoms with Crippen LogP contribution in [0.15, 0.2) is 0 Å². The van der Waals surface area contributed by atoms with Crippen LogP contribution < -0.4 is 5.73 Å². The summed E-state index contributed by atoms with van der Waals surface area (Å²) in [6.07, 6.45) is 50.8. The maximum absolute atomic E-state index is 12.6. The first kappa shape index (κ1) is 59.0. The summed E-state index contributed by atoms with van der Waals surface area (Å²) < 4.78 is 32.7. The largest absolute Gasteiger partial charge is 0.472 e. The van der Waals surface area contributed by atoms with E-state index in [1.807, 2.05) is 0 Å². The maximum atomic E-state index is 12.6. The number of hydrogen-bond acceptors (Lipinski definition) is 8. The van der Waals surface area contributed by atoms with Crippen molar-refractivity contribution in [2.75, 3.05) is 26.4 Å². The fourth-order valence-corrected chi connectivity index (χ4v) is 8.64. The molecule has 0 heterocycles. The molecule has 0 rings (SSSR count). The molecule has 0 aromatic carbocycles. The lowest BCUT2D eigenvalue weighted by Gasteiger charge is -2.19. The summed E-state index contributed by atoms with van der Waals surface area (Å²) in [6, 6.07) is 0. The first-order chi connectivity index (χ1) is 29.3. The van der Waals surface area contributed by atoms with Gasteiger partial charge >= 0.3 is 19.8 Å². The van der Waals surface area contributed by atoms with Gasteiger partial charge in [0.1, 0.15) is 6.61 Å². The van der Waals surface area contributed by atoms with E-state index in [9.17, 15) is 19.0 Å². The van der Waals surface area contributed by atoms with Crippen LogP contribution in [0.3, 0.4) is 0 Å². The highest BCUT2D eigenvalue weighted by Gasteiger charge is 2.26. The molecule has 0 saturated carbocycles. The van der Waals surface area contributed by atoms with Crippen molar-refractivity contribution in [3.05, 3.63) is 0 Å². The molecule has 0 aliphatic heterocycles. The van der Waals surface area contributed by atoms with Gasteiger partial charge in [0.25, 0.3) is 0 Å². The number of ether oxygens (including phenoxy) is 2. The highest BCUT2D eigenvalue weighted by Crippen LogP contribution is 2.43. The summed E-state index contributed by atoms with van der Waals surface area (Å²) in [5.74, 6) is -0.823. The summed E-state index contributed by atoms with van der Waals surface area (Å²) in [6.45, 7) is 3.71. The van der Waals surface area contributed by atoms with Gasteiger partial charge in [0.2, 0.25) is 0 Å². The second-order valence-corrected chi connectivity index (χ2v) is 19.2. The normalized spacial score (nSPS) is 13.1. The number of phosphoric ester groups is 1. The van der Waals surface area contributed by atoms with Gasteiger partial charge in [0, 0.05) is 19.4 Å². The van der Waals surface area contributed by atoms with E-state index in [-0.39, 0.29) is 38.6 Å². The molecule has 0 fully saturated rings. The minimum Gasteiger partial charge on any atom is -0.462 e. The molecule has 0 aromatic heterocycles. The minimum absolute atomic E-state index is 0.0577. The van der Waals surface area contributed by atoms with Crippen molar-refractivity contribution in [3.63, 3.8) is 0 Å². The Hall–Kier alpha value is -0.990. The van der Waals surface area contributed by atoms with Gasteiger partial charge in [-0.2, -0.15) is 0 Å². The molecule has 2 unspecified atom stereocenters. The number of hydrogen-bond donors (Lipinski definition) is 2. The number of nitrogens with two attached hydrogens (primary N) is 1. The van der Waals surface area contributed by atoms with Crippen LogP contribution in [0.25, 0.3) is 0 Å². The molecule has 0 spiro atoms. The van der Waals surface area contributed by atoms with Crippen LogP contribution >= 0.6 is 7.82 Å². The second kappa shape index (κ2) is 47.5. The summed E-state index contributed by atoms with van der Waals surface area (Å²) in [7, 11) is -4.36. The lowest BCUT2D eigenvalue weighted by molar-refractivity contribution is -0.161. The van der Waals surface area contributed by atoms with Crippen molar-refractivity contribution in [3.8, 4) is 0 Å². The third-order valence-electron chi connectivity index (χ3n) is 11.7. The summed E-state index contributed by atoms with van der Waals surface area (Å²) >= 11 is 0. The lowest BCUT2D eigenvalue weighted by Crippen LogP contribution is -2.29.